The number of amides is 1. The normalized spacial score (nSPS) is 12.5. The van der Waals surface area contributed by atoms with Gasteiger partial charge in [-0.2, -0.15) is 0 Å². The number of rotatable bonds is 6. The third-order valence-electron chi connectivity index (χ3n) is 3.09. The minimum absolute atomic E-state index is 0.446. The maximum atomic E-state index is 12.0. The van der Waals surface area contributed by atoms with Crippen LogP contribution >= 0.6 is 11.6 Å². The Morgan fingerprint density at radius 3 is 2.46 bits per heavy atom. The average Bonchev–Trinajstić information content (AvgIpc) is 2.49. The van der Waals surface area contributed by atoms with Crippen LogP contribution in [0.15, 0.2) is 23.3 Å². The number of pyridine rings is 1. The van der Waals surface area contributed by atoms with Crippen molar-refractivity contribution in [3.63, 3.8) is 0 Å². The van der Waals surface area contributed by atoms with Gasteiger partial charge in [-0.1, -0.05) is 17.7 Å². The van der Waals surface area contributed by atoms with Crippen LogP contribution in [0.1, 0.15) is 47.1 Å². The van der Waals surface area contributed by atoms with Crippen LogP contribution in [0.25, 0.3) is 0 Å². The molecule has 0 radical (unpaired) electrons. The van der Waals surface area contributed by atoms with Gasteiger partial charge in [0.2, 0.25) is 0 Å². The molecule has 0 atom stereocenters. The van der Waals surface area contributed by atoms with Crippen LogP contribution in [0.2, 0.25) is 5.15 Å². The SMILES string of the molecule is CCNC(=NCc1ccc(Cl)nc1)NCC(C)(C)NC(=O)OC(C)(C)C. The Morgan fingerprint density at radius 2 is 1.92 bits per heavy atom. The second-order valence-corrected chi connectivity index (χ2v) is 7.94. The highest BCUT2D eigenvalue weighted by molar-refractivity contribution is 6.29. The number of carbonyl (C=O) groups is 1. The van der Waals surface area contributed by atoms with E-state index in [1.54, 1.807) is 12.3 Å². The molecule has 0 unspecified atom stereocenters. The molecule has 0 aliphatic carbocycles. The van der Waals surface area contributed by atoms with Crippen LogP contribution in [0.4, 0.5) is 4.79 Å². The van der Waals surface area contributed by atoms with Gasteiger partial charge in [-0.15, -0.1) is 0 Å². The lowest BCUT2D eigenvalue weighted by molar-refractivity contribution is 0.0474. The minimum atomic E-state index is -0.531. The predicted molar refractivity (Wildman–Crippen MR) is 106 cm³/mol. The van der Waals surface area contributed by atoms with Gasteiger partial charge in [0, 0.05) is 19.3 Å². The van der Waals surface area contributed by atoms with Crippen LogP contribution in [0.5, 0.6) is 0 Å². The second kappa shape index (κ2) is 9.62. The first-order valence-electron chi connectivity index (χ1n) is 8.64. The number of alkyl carbamates (subject to hydrolysis) is 1. The molecule has 0 aromatic carbocycles. The summed E-state index contributed by atoms with van der Waals surface area (Å²) in [4.78, 5) is 20.5. The van der Waals surface area contributed by atoms with E-state index in [9.17, 15) is 4.79 Å². The van der Waals surface area contributed by atoms with E-state index in [1.807, 2.05) is 47.6 Å². The Labute approximate surface area is 161 Å². The number of guanidine groups is 1. The Kier molecular flexibility index (Phi) is 8.14. The second-order valence-electron chi connectivity index (χ2n) is 7.55. The lowest BCUT2D eigenvalue weighted by Gasteiger charge is -2.29. The molecule has 146 valence electrons. The van der Waals surface area contributed by atoms with Crippen molar-refractivity contribution in [2.75, 3.05) is 13.1 Å². The zero-order valence-electron chi connectivity index (χ0n) is 16.4. The van der Waals surface area contributed by atoms with Gasteiger partial charge in [-0.3, -0.25) is 0 Å². The molecule has 0 spiro atoms. The Hall–Kier alpha value is -2.02. The number of nitrogens with one attached hydrogen (secondary N) is 3. The van der Waals surface area contributed by atoms with Crippen molar-refractivity contribution in [3.8, 4) is 0 Å². The quantitative estimate of drug-likeness (QED) is 0.399. The van der Waals surface area contributed by atoms with Crippen molar-refractivity contribution in [3.05, 3.63) is 29.0 Å². The van der Waals surface area contributed by atoms with E-state index in [4.69, 9.17) is 16.3 Å². The third kappa shape index (κ3) is 9.46. The number of hydrogen-bond acceptors (Lipinski definition) is 4. The number of carbonyl (C=O) groups excluding carboxylic acids is 1. The highest BCUT2D eigenvalue weighted by atomic mass is 35.5. The zero-order chi connectivity index (χ0) is 19.8. The summed E-state index contributed by atoms with van der Waals surface area (Å²) < 4.78 is 5.30. The van der Waals surface area contributed by atoms with Gasteiger partial charge in [0.05, 0.1) is 12.1 Å². The first-order valence-corrected chi connectivity index (χ1v) is 9.02. The summed E-state index contributed by atoms with van der Waals surface area (Å²) in [5, 5.41) is 9.73. The fourth-order valence-corrected chi connectivity index (χ4v) is 2.05. The summed E-state index contributed by atoms with van der Waals surface area (Å²) in [6.45, 7) is 13.0. The standard InChI is InChI=1S/C18H30ClN5O2/c1-7-20-15(22-11-13-8-9-14(19)21-10-13)23-12-18(5,6)24-16(25)26-17(2,3)4/h8-10H,7,11-12H2,1-6H3,(H,24,25)(H2,20,22,23). The highest BCUT2D eigenvalue weighted by Gasteiger charge is 2.24. The third-order valence-corrected chi connectivity index (χ3v) is 3.31. The summed E-state index contributed by atoms with van der Waals surface area (Å²) in [5.41, 5.74) is -0.0885. The molecule has 0 bridgehead atoms. The summed E-state index contributed by atoms with van der Waals surface area (Å²) >= 11 is 5.79. The maximum absolute atomic E-state index is 12.0. The van der Waals surface area contributed by atoms with Crippen LogP contribution in [-0.2, 0) is 11.3 Å². The molecule has 26 heavy (non-hydrogen) atoms. The monoisotopic (exact) mass is 383 g/mol. The van der Waals surface area contributed by atoms with Gasteiger partial charge < -0.3 is 20.7 Å². The average molecular weight is 384 g/mol. The smallest absolute Gasteiger partial charge is 0.408 e. The molecule has 0 saturated heterocycles. The van der Waals surface area contributed by atoms with Crippen LogP contribution in [0, 0.1) is 0 Å². The fourth-order valence-electron chi connectivity index (χ4n) is 1.94. The molecule has 8 heteroatoms. The molecular formula is C18H30ClN5O2. The maximum Gasteiger partial charge on any atom is 0.408 e. The molecule has 3 N–H and O–H groups in total. The van der Waals surface area contributed by atoms with Crippen LogP contribution in [-0.4, -0.2) is 41.3 Å². The number of nitrogens with zero attached hydrogens (tertiary/aromatic N) is 2. The molecule has 1 rings (SSSR count). The first kappa shape index (κ1) is 22.0. The minimum Gasteiger partial charge on any atom is -0.444 e. The van der Waals surface area contributed by atoms with E-state index in [0.717, 1.165) is 12.1 Å². The molecule has 1 heterocycles. The van der Waals surface area contributed by atoms with Gasteiger partial charge in [0.1, 0.15) is 10.8 Å². The van der Waals surface area contributed by atoms with Gasteiger partial charge in [0.25, 0.3) is 0 Å². The number of aliphatic imine (C=N–C) groups is 1. The van der Waals surface area contributed by atoms with Crippen molar-refractivity contribution in [1.29, 1.82) is 0 Å². The molecule has 1 aromatic heterocycles. The van der Waals surface area contributed by atoms with E-state index < -0.39 is 17.2 Å². The Bertz CT molecular complexity index is 609. The van der Waals surface area contributed by atoms with E-state index in [-0.39, 0.29) is 0 Å². The Balaban J connectivity index is 2.61. The lowest BCUT2D eigenvalue weighted by atomic mass is 10.1. The number of hydrogen-bond donors (Lipinski definition) is 3. The molecule has 1 amide bonds. The van der Waals surface area contributed by atoms with Gasteiger partial charge in [-0.25, -0.2) is 14.8 Å². The fraction of sp³-hybridized carbons (Fsp3) is 0.611. The van der Waals surface area contributed by atoms with Crippen molar-refractivity contribution in [2.45, 2.75) is 59.2 Å². The lowest BCUT2D eigenvalue weighted by Crippen LogP contribution is -2.54. The number of aromatic nitrogens is 1. The van der Waals surface area contributed by atoms with Crippen molar-refractivity contribution < 1.29 is 9.53 Å². The van der Waals surface area contributed by atoms with Crippen molar-refractivity contribution in [2.24, 2.45) is 4.99 Å². The highest BCUT2D eigenvalue weighted by Crippen LogP contribution is 2.09. The van der Waals surface area contributed by atoms with Crippen LogP contribution in [0.3, 0.4) is 0 Å². The van der Waals surface area contributed by atoms with Crippen molar-refractivity contribution >= 4 is 23.7 Å². The van der Waals surface area contributed by atoms with Gasteiger partial charge in [-0.05, 0) is 53.2 Å². The number of ether oxygens (including phenoxy) is 1. The Morgan fingerprint density at radius 1 is 1.23 bits per heavy atom. The van der Waals surface area contributed by atoms with Crippen LogP contribution < -0.4 is 16.0 Å². The summed E-state index contributed by atoms with van der Waals surface area (Å²) in [5.74, 6) is 0.654. The van der Waals surface area contributed by atoms with Gasteiger partial charge in [0.15, 0.2) is 5.96 Å². The predicted octanol–water partition coefficient (Wildman–Crippen LogP) is 3.09. The summed E-state index contributed by atoms with van der Waals surface area (Å²) in [7, 11) is 0. The molecule has 7 nitrogen and oxygen atoms in total. The van der Waals surface area contributed by atoms with E-state index in [0.29, 0.717) is 24.2 Å². The topological polar surface area (TPSA) is 87.6 Å². The van der Waals surface area contributed by atoms with E-state index >= 15 is 0 Å². The molecule has 1 aromatic rings. The van der Waals surface area contributed by atoms with E-state index in [1.165, 1.54) is 0 Å². The molecular weight excluding hydrogens is 354 g/mol. The summed E-state index contributed by atoms with van der Waals surface area (Å²) in [6, 6.07) is 3.62. The van der Waals surface area contributed by atoms with Gasteiger partial charge >= 0.3 is 6.09 Å². The molecule has 0 aliphatic heterocycles. The first-order chi connectivity index (χ1) is 12.0. The largest absolute Gasteiger partial charge is 0.444 e. The zero-order valence-corrected chi connectivity index (χ0v) is 17.2. The summed E-state index contributed by atoms with van der Waals surface area (Å²) in [6.07, 6.45) is 1.25. The number of halogens is 1. The molecule has 0 fully saturated rings. The van der Waals surface area contributed by atoms with Crippen molar-refractivity contribution in [1.82, 2.24) is 20.9 Å². The molecule has 0 saturated carbocycles. The molecule has 0 aliphatic rings. The van der Waals surface area contributed by atoms with E-state index in [2.05, 4.69) is 25.9 Å².